The van der Waals surface area contributed by atoms with Gasteiger partial charge in [-0.1, -0.05) is 192 Å². The summed E-state index contributed by atoms with van der Waals surface area (Å²) >= 11 is 0. The van der Waals surface area contributed by atoms with E-state index in [-0.39, 0.29) is 19.8 Å². The third-order valence-corrected chi connectivity index (χ3v) is 10.3. The summed E-state index contributed by atoms with van der Waals surface area (Å²) in [5, 5.41) is 0. The molecule has 0 amide bonds. The molecule has 2 atom stereocenters. The van der Waals surface area contributed by atoms with E-state index in [1.54, 1.807) is 12.2 Å². The van der Waals surface area contributed by atoms with Crippen LogP contribution in [-0.2, 0) is 27.9 Å². The fourth-order valence-corrected chi connectivity index (χ4v) is 6.66. The summed E-state index contributed by atoms with van der Waals surface area (Å²) in [6, 6.07) is 0. The number of esters is 1. The summed E-state index contributed by atoms with van der Waals surface area (Å²) < 4.78 is 34.3. The smallest absolute Gasteiger partial charge is 0.331 e. The highest BCUT2D eigenvalue weighted by molar-refractivity contribution is 7.45. The van der Waals surface area contributed by atoms with Crippen molar-refractivity contribution in [3.05, 3.63) is 36.5 Å². The van der Waals surface area contributed by atoms with Gasteiger partial charge in [0.15, 0.2) is 0 Å². The van der Waals surface area contributed by atoms with Crippen molar-refractivity contribution >= 4 is 13.8 Å². The Balaban J connectivity index is 4.38. The molecule has 53 heavy (non-hydrogen) atoms. The monoisotopic (exact) mass is 770 g/mol. The van der Waals surface area contributed by atoms with Gasteiger partial charge in [0.25, 0.3) is 7.82 Å². The second-order valence-electron chi connectivity index (χ2n) is 15.8. The topological polar surface area (TPSA) is 94.1 Å². The maximum absolute atomic E-state index is 12.5. The number of carbonyl (C=O) groups is 1. The van der Waals surface area contributed by atoms with Crippen molar-refractivity contribution in [1.29, 1.82) is 0 Å². The Labute approximate surface area is 327 Å². The molecule has 8 nitrogen and oxygen atoms in total. The molecule has 0 spiro atoms. The van der Waals surface area contributed by atoms with E-state index >= 15 is 0 Å². The second kappa shape index (κ2) is 37.6. The molecule has 0 N–H and O–H groups in total. The predicted molar refractivity (Wildman–Crippen MR) is 222 cm³/mol. The summed E-state index contributed by atoms with van der Waals surface area (Å²) in [4.78, 5) is 24.9. The molecule has 0 aromatic rings. The van der Waals surface area contributed by atoms with Crippen LogP contribution >= 0.6 is 7.82 Å². The van der Waals surface area contributed by atoms with Gasteiger partial charge in [0.05, 0.1) is 34.4 Å². The molecule has 0 saturated carbocycles. The zero-order valence-electron chi connectivity index (χ0n) is 35.2. The van der Waals surface area contributed by atoms with E-state index in [0.29, 0.717) is 17.6 Å². The minimum absolute atomic E-state index is 0.00713. The number of hydrogen-bond donors (Lipinski definition) is 0. The van der Waals surface area contributed by atoms with Crippen LogP contribution in [0.2, 0.25) is 0 Å². The molecule has 0 heterocycles. The molecule has 0 bridgehead atoms. The van der Waals surface area contributed by atoms with E-state index in [9.17, 15) is 14.3 Å². The van der Waals surface area contributed by atoms with Gasteiger partial charge in [-0.25, -0.2) is 4.79 Å². The van der Waals surface area contributed by atoms with Crippen LogP contribution in [0, 0.1) is 0 Å². The molecule has 312 valence electrons. The first-order valence-electron chi connectivity index (χ1n) is 21.8. The number of phosphoric ester groups is 1. The minimum atomic E-state index is -4.55. The van der Waals surface area contributed by atoms with Gasteiger partial charge in [-0.2, -0.15) is 0 Å². The van der Waals surface area contributed by atoms with Crippen molar-refractivity contribution in [3.63, 3.8) is 0 Å². The number of rotatable bonds is 40. The van der Waals surface area contributed by atoms with Crippen LogP contribution in [0.4, 0.5) is 0 Å². The van der Waals surface area contributed by atoms with Gasteiger partial charge in [-0.05, 0) is 19.3 Å². The Kier molecular flexibility index (Phi) is 36.7. The minimum Gasteiger partial charge on any atom is -0.756 e. The Bertz CT molecular complexity index is 947. The largest absolute Gasteiger partial charge is 0.756 e. The summed E-state index contributed by atoms with van der Waals surface area (Å²) in [5.74, 6) is -0.583. The van der Waals surface area contributed by atoms with Gasteiger partial charge >= 0.3 is 5.97 Å². The van der Waals surface area contributed by atoms with E-state index < -0.39 is 19.9 Å². The van der Waals surface area contributed by atoms with Crippen LogP contribution < -0.4 is 4.89 Å². The molecule has 0 fully saturated rings. The zero-order valence-corrected chi connectivity index (χ0v) is 36.1. The first kappa shape index (κ1) is 51.7. The quantitative estimate of drug-likeness (QED) is 0.0153. The maximum atomic E-state index is 12.5. The van der Waals surface area contributed by atoms with E-state index in [1.807, 2.05) is 33.3 Å². The molecule has 0 aromatic carbocycles. The zero-order chi connectivity index (χ0) is 39.1. The molecule has 0 rings (SSSR count). The number of quaternary nitrogens is 1. The summed E-state index contributed by atoms with van der Waals surface area (Å²) in [6.45, 7) is 5.25. The second-order valence-corrected chi connectivity index (χ2v) is 17.2. The van der Waals surface area contributed by atoms with Gasteiger partial charge in [0.2, 0.25) is 0 Å². The van der Waals surface area contributed by atoms with Gasteiger partial charge in [-0.3, -0.25) is 4.57 Å². The SMILES string of the molecule is CCCCCCCCCCCCCC=CC=CC=CC(=O)O[C@H](COCCCCCCCCCCCCCCCC)COP(=O)([O-])OCC[N+](C)(C)C. The van der Waals surface area contributed by atoms with Crippen LogP contribution in [0.1, 0.15) is 181 Å². The number of unbranched alkanes of at least 4 members (excludes halogenated alkanes) is 24. The Hall–Kier alpha value is -1.28. The fourth-order valence-electron chi connectivity index (χ4n) is 5.93. The van der Waals surface area contributed by atoms with E-state index in [1.165, 1.54) is 154 Å². The first-order chi connectivity index (χ1) is 25.6. The number of phosphoric acid groups is 1. The lowest BCUT2D eigenvalue weighted by Crippen LogP contribution is -2.37. The number of ether oxygens (including phenoxy) is 2. The molecule has 0 aliphatic rings. The lowest BCUT2D eigenvalue weighted by atomic mass is 10.0. The molecule has 0 aliphatic heterocycles. The molecule has 1 unspecified atom stereocenters. The molecular weight excluding hydrogens is 685 g/mol. The number of hydrogen-bond acceptors (Lipinski definition) is 7. The molecule has 0 aliphatic carbocycles. The van der Waals surface area contributed by atoms with E-state index in [2.05, 4.69) is 19.9 Å². The van der Waals surface area contributed by atoms with Crippen LogP contribution in [0.3, 0.4) is 0 Å². The van der Waals surface area contributed by atoms with Crippen LogP contribution in [-0.4, -0.2) is 70.7 Å². The molecule has 9 heteroatoms. The highest BCUT2D eigenvalue weighted by Crippen LogP contribution is 2.38. The molecule has 0 aromatic heterocycles. The lowest BCUT2D eigenvalue weighted by molar-refractivity contribution is -0.870. The molecule has 0 radical (unpaired) electrons. The van der Waals surface area contributed by atoms with Crippen molar-refractivity contribution in [2.75, 3.05) is 54.1 Å². The third-order valence-electron chi connectivity index (χ3n) is 9.33. The molecule has 0 saturated heterocycles. The normalized spacial score (nSPS) is 14.2. The maximum Gasteiger partial charge on any atom is 0.331 e. The highest BCUT2D eigenvalue weighted by atomic mass is 31.2. The summed E-state index contributed by atoms with van der Waals surface area (Å²) in [7, 11) is 1.29. The predicted octanol–water partition coefficient (Wildman–Crippen LogP) is 12.0. The van der Waals surface area contributed by atoms with Gasteiger partial charge in [-0.15, -0.1) is 0 Å². The van der Waals surface area contributed by atoms with Gasteiger partial charge < -0.3 is 27.9 Å². The van der Waals surface area contributed by atoms with Crippen LogP contribution in [0.15, 0.2) is 36.5 Å². The van der Waals surface area contributed by atoms with Crippen LogP contribution in [0.25, 0.3) is 0 Å². The Morgan fingerprint density at radius 1 is 0.585 bits per heavy atom. The average molecular weight is 770 g/mol. The van der Waals surface area contributed by atoms with Crippen molar-refractivity contribution in [3.8, 4) is 0 Å². The highest BCUT2D eigenvalue weighted by Gasteiger charge is 2.19. The van der Waals surface area contributed by atoms with Crippen LogP contribution in [0.5, 0.6) is 0 Å². The Morgan fingerprint density at radius 2 is 1.04 bits per heavy atom. The van der Waals surface area contributed by atoms with Crippen molar-refractivity contribution in [2.45, 2.75) is 187 Å². The van der Waals surface area contributed by atoms with Crippen molar-refractivity contribution in [1.82, 2.24) is 0 Å². The van der Waals surface area contributed by atoms with Gasteiger partial charge in [0.1, 0.15) is 19.3 Å². The first-order valence-corrected chi connectivity index (χ1v) is 23.2. The average Bonchev–Trinajstić information content (AvgIpc) is 3.11. The number of nitrogens with zero attached hydrogens (tertiary/aromatic N) is 1. The summed E-state index contributed by atoms with van der Waals surface area (Å²) in [6.07, 6.45) is 43.7. The van der Waals surface area contributed by atoms with Crippen molar-refractivity contribution in [2.24, 2.45) is 0 Å². The number of likely N-dealkylation sites (N-methyl/N-ethyl adjacent to an activating group) is 1. The summed E-state index contributed by atoms with van der Waals surface area (Å²) in [5.41, 5.74) is 0. The standard InChI is InChI=1S/C44H84NO7P/c1-6-8-10-12-14-16-18-20-22-23-24-25-27-29-31-33-35-37-44(46)52-43(42-51-53(47,48)50-40-38-45(3,4)5)41-49-39-36-34-32-30-28-26-21-19-17-15-13-11-9-7-2/h27,29,31,33,35,37,43H,6-26,28,30,32,34,36,38-42H2,1-5H3/t43-/m1/s1. The fraction of sp³-hybridized carbons (Fsp3) is 0.841. The number of allylic oxidation sites excluding steroid dienone is 5. The number of carbonyl (C=O) groups excluding carboxylic acids is 1. The van der Waals surface area contributed by atoms with Gasteiger partial charge in [0, 0.05) is 12.7 Å². The lowest BCUT2D eigenvalue weighted by Gasteiger charge is -2.28. The van der Waals surface area contributed by atoms with E-state index in [4.69, 9.17) is 18.5 Å². The third kappa shape index (κ3) is 41.7. The Morgan fingerprint density at radius 3 is 1.53 bits per heavy atom. The van der Waals surface area contributed by atoms with E-state index in [0.717, 1.165) is 19.3 Å². The van der Waals surface area contributed by atoms with Crippen molar-refractivity contribution < 1.29 is 37.3 Å². The molecular formula is C44H84NO7P.